The molecular weight excluding hydrogens is 615 g/mol. The van der Waals surface area contributed by atoms with Crippen LogP contribution in [-0.2, 0) is 0 Å². The van der Waals surface area contributed by atoms with E-state index in [2.05, 4.69) is 181 Å². The molecule has 2 aromatic heterocycles. The third-order valence-electron chi connectivity index (χ3n) is 9.66. The van der Waals surface area contributed by atoms with Crippen LogP contribution in [-0.4, -0.2) is 0 Å². The number of benzene rings is 8. The molecule has 2 nitrogen and oxygen atoms in total. The standard InChI is InChI=1S/C46H29NOS/c1-3-12-30(13-4-1)32-22-25-34(26-23-32)47(40-19-11-21-44-45(40)37-18-9-10-20-43(37)49-44)41-29-39-38-28-33(31-14-5-2-6-15-31)24-27-42(38)48-46(39)36-17-8-7-16-35(36)41/h1-29H. The zero-order valence-electron chi connectivity index (χ0n) is 26.5. The average Bonchev–Trinajstić information content (AvgIpc) is 3.75. The number of hydrogen-bond donors (Lipinski definition) is 0. The van der Waals surface area contributed by atoms with E-state index in [0.717, 1.165) is 49.8 Å². The minimum Gasteiger partial charge on any atom is -0.455 e. The predicted molar refractivity (Wildman–Crippen MR) is 210 cm³/mol. The summed E-state index contributed by atoms with van der Waals surface area (Å²) in [6.45, 7) is 0. The fraction of sp³-hybridized carbons (Fsp3) is 0. The van der Waals surface area contributed by atoms with Crippen LogP contribution in [0, 0.1) is 0 Å². The fourth-order valence-corrected chi connectivity index (χ4v) is 8.48. The van der Waals surface area contributed by atoms with E-state index in [1.165, 1.54) is 42.4 Å². The topological polar surface area (TPSA) is 16.4 Å². The number of nitrogens with zero attached hydrogens (tertiary/aromatic N) is 1. The molecule has 8 aromatic carbocycles. The lowest BCUT2D eigenvalue weighted by molar-refractivity contribution is 0.672. The van der Waals surface area contributed by atoms with Gasteiger partial charge in [0, 0.05) is 47.4 Å². The van der Waals surface area contributed by atoms with E-state index in [0.29, 0.717) is 0 Å². The van der Waals surface area contributed by atoms with Crippen molar-refractivity contribution in [3.8, 4) is 22.3 Å². The molecule has 0 aliphatic carbocycles. The summed E-state index contributed by atoms with van der Waals surface area (Å²) >= 11 is 1.85. The number of anilines is 3. The van der Waals surface area contributed by atoms with Gasteiger partial charge in [-0.1, -0.05) is 127 Å². The number of hydrogen-bond acceptors (Lipinski definition) is 3. The van der Waals surface area contributed by atoms with Crippen molar-refractivity contribution in [2.75, 3.05) is 4.90 Å². The lowest BCUT2D eigenvalue weighted by Gasteiger charge is -2.28. The molecule has 10 aromatic rings. The summed E-state index contributed by atoms with van der Waals surface area (Å²) in [5.74, 6) is 0. The molecule has 0 amide bonds. The van der Waals surface area contributed by atoms with Crippen molar-refractivity contribution in [3.05, 3.63) is 176 Å². The van der Waals surface area contributed by atoms with Gasteiger partial charge in [0.15, 0.2) is 0 Å². The van der Waals surface area contributed by atoms with Gasteiger partial charge in [-0.25, -0.2) is 0 Å². The summed E-state index contributed by atoms with van der Waals surface area (Å²) in [6.07, 6.45) is 0. The van der Waals surface area contributed by atoms with Crippen LogP contribution in [0.25, 0.3) is 75.1 Å². The van der Waals surface area contributed by atoms with E-state index in [4.69, 9.17) is 4.42 Å². The highest BCUT2D eigenvalue weighted by molar-refractivity contribution is 7.26. The van der Waals surface area contributed by atoms with E-state index in [-0.39, 0.29) is 0 Å². The Bertz CT molecular complexity index is 2810. The molecule has 230 valence electrons. The summed E-state index contributed by atoms with van der Waals surface area (Å²) in [7, 11) is 0. The first-order valence-electron chi connectivity index (χ1n) is 16.6. The van der Waals surface area contributed by atoms with Crippen LogP contribution >= 0.6 is 11.3 Å². The highest BCUT2D eigenvalue weighted by Crippen LogP contribution is 2.49. The number of rotatable bonds is 5. The zero-order chi connectivity index (χ0) is 32.3. The van der Waals surface area contributed by atoms with Gasteiger partial charge in [-0.15, -0.1) is 11.3 Å². The molecule has 0 unspecified atom stereocenters. The first-order valence-corrected chi connectivity index (χ1v) is 17.4. The summed E-state index contributed by atoms with van der Waals surface area (Å²) < 4.78 is 9.23. The number of thiophene rings is 1. The van der Waals surface area contributed by atoms with Gasteiger partial charge in [0.05, 0.1) is 11.4 Å². The molecule has 49 heavy (non-hydrogen) atoms. The van der Waals surface area contributed by atoms with Crippen molar-refractivity contribution in [3.63, 3.8) is 0 Å². The van der Waals surface area contributed by atoms with Crippen LogP contribution < -0.4 is 4.90 Å². The second-order valence-corrected chi connectivity index (χ2v) is 13.6. The lowest BCUT2D eigenvalue weighted by atomic mass is 9.99. The molecule has 0 bridgehead atoms. The number of furan rings is 1. The Morgan fingerprint density at radius 2 is 1.00 bits per heavy atom. The SMILES string of the molecule is c1ccc(-c2ccc(N(c3cc4c5cc(-c6ccccc6)ccc5oc4c4ccccc34)c3cccc4sc5ccccc5c34)cc2)cc1. The molecule has 0 aliphatic rings. The summed E-state index contributed by atoms with van der Waals surface area (Å²) in [5, 5.41) is 7.00. The van der Waals surface area contributed by atoms with E-state index in [9.17, 15) is 0 Å². The van der Waals surface area contributed by atoms with Crippen LogP contribution in [0.3, 0.4) is 0 Å². The molecule has 0 radical (unpaired) electrons. The van der Waals surface area contributed by atoms with Crippen LogP contribution in [0.4, 0.5) is 17.1 Å². The van der Waals surface area contributed by atoms with Crippen molar-refractivity contribution in [2.24, 2.45) is 0 Å². The Kier molecular flexibility index (Phi) is 6.39. The van der Waals surface area contributed by atoms with Crippen LogP contribution in [0.2, 0.25) is 0 Å². The molecule has 0 fully saturated rings. The average molecular weight is 644 g/mol. The molecule has 10 rings (SSSR count). The Morgan fingerprint density at radius 3 is 1.78 bits per heavy atom. The first kappa shape index (κ1) is 27.9. The normalized spacial score (nSPS) is 11.7. The molecule has 0 saturated heterocycles. The van der Waals surface area contributed by atoms with Gasteiger partial charge >= 0.3 is 0 Å². The molecule has 0 N–H and O–H groups in total. The van der Waals surface area contributed by atoms with Crippen molar-refractivity contribution >= 4 is 81.3 Å². The Balaban J connectivity index is 1.28. The van der Waals surface area contributed by atoms with Crippen LogP contribution in [0.5, 0.6) is 0 Å². The van der Waals surface area contributed by atoms with E-state index >= 15 is 0 Å². The maximum Gasteiger partial charge on any atom is 0.143 e. The second-order valence-electron chi connectivity index (χ2n) is 12.5. The van der Waals surface area contributed by atoms with Crippen molar-refractivity contribution < 1.29 is 4.42 Å². The summed E-state index contributed by atoms with van der Waals surface area (Å²) in [5.41, 5.74) is 9.94. The molecule has 0 atom stereocenters. The Hall–Kier alpha value is -6.16. The Labute approximate surface area is 287 Å². The van der Waals surface area contributed by atoms with Crippen LogP contribution in [0.1, 0.15) is 0 Å². The minimum absolute atomic E-state index is 0.890. The second kappa shape index (κ2) is 11.2. The minimum atomic E-state index is 0.890. The highest BCUT2D eigenvalue weighted by atomic mass is 32.1. The van der Waals surface area contributed by atoms with E-state index in [1.807, 2.05) is 11.3 Å². The molecular formula is C46H29NOS. The number of fused-ring (bicyclic) bond motifs is 8. The van der Waals surface area contributed by atoms with Crippen molar-refractivity contribution in [1.82, 2.24) is 0 Å². The van der Waals surface area contributed by atoms with Gasteiger partial charge in [0.25, 0.3) is 0 Å². The van der Waals surface area contributed by atoms with Crippen molar-refractivity contribution in [1.29, 1.82) is 0 Å². The Morgan fingerprint density at radius 1 is 0.388 bits per heavy atom. The molecule has 0 spiro atoms. The van der Waals surface area contributed by atoms with Gasteiger partial charge in [-0.3, -0.25) is 0 Å². The summed E-state index contributed by atoms with van der Waals surface area (Å²) in [4.78, 5) is 2.46. The molecule has 0 aliphatic heterocycles. The smallest absolute Gasteiger partial charge is 0.143 e. The maximum atomic E-state index is 6.67. The van der Waals surface area contributed by atoms with Gasteiger partial charge < -0.3 is 9.32 Å². The van der Waals surface area contributed by atoms with E-state index < -0.39 is 0 Å². The first-order chi connectivity index (χ1) is 24.3. The van der Waals surface area contributed by atoms with Crippen molar-refractivity contribution in [2.45, 2.75) is 0 Å². The molecule has 0 saturated carbocycles. The third-order valence-corrected chi connectivity index (χ3v) is 10.8. The quantitative estimate of drug-likeness (QED) is 0.186. The maximum absolute atomic E-state index is 6.67. The zero-order valence-corrected chi connectivity index (χ0v) is 27.3. The largest absolute Gasteiger partial charge is 0.455 e. The highest BCUT2D eigenvalue weighted by Gasteiger charge is 2.23. The summed E-state index contributed by atoms with van der Waals surface area (Å²) in [6, 6.07) is 63.2. The molecule has 3 heteroatoms. The third kappa shape index (κ3) is 4.55. The van der Waals surface area contributed by atoms with Gasteiger partial charge in [0.2, 0.25) is 0 Å². The fourth-order valence-electron chi connectivity index (χ4n) is 7.36. The van der Waals surface area contributed by atoms with E-state index in [1.54, 1.807) is 0 Å². The van der Waals surface area contributed by atoms with Gasteiger partial charge in [-0.2, -0.15) is 0 Å². The monoisotopic (exact) mass is 643 g/mol. The van der Waals surface area contributed by atoms with Gasteiger partial charge in [-0.05, 0) is 70.8 Å². The molecule has 2 heterocycles. The van der Waals surface area contributed by atoms with Crippen LogP contribution in [0.15, 0.2) is 180 Å². The predicted octanol–water partition coefficient (Wildman–Crippen LogP) is 13.9. The van der Waals surface area contributed by atoms with Gasteiger partial charge in [0.1, 0.15) is 11.2 Å². The lowest BCUT2D eigenvalue weighted by Crippen LogP contribution is -2.11.